The van der Waals surface area contributed by atoms with Gasteiger partial charge in [-0.2, -0.15) is 0 Å². The molecule has 1 heterocycles. The van der Waals surface area contributed by atoms with Crippen LogP contribution in [0.3, 0.4) is 0 Å². The molecule has 0 radical (unpaired) electrons. The van der Waals surface area contributed by atoms with Crippen molar-refractivity contribution in [2.45, 2.75) is 25.3 Å². The van der Waals surface area contributed by atoms with Gasteiger partial charge in [0.1, 0.15) is 5.82 Å². The van der Waals surface area contributed by atoms with Crippen LogP contribution in [0.2, 0.25) is 0 Å². The Labute approximate surface area is 82.1 Å². The van der Waals surface area contributed by atoms with Crippen LogP contribution >= 0.6 is 0 Å². The van der Waals surface area contributed by atoms with Gasteiger partial charge < -0.3 is 5.32 Å². The fourth-order valence-electron chi connectivity index (χ4n) is 1.83. The molecule has 0 aromatic heterocycles. The first-order valence-corrected chi connectivity index (χ1v) is 4.67. The van der Waals surface area contributed by atoms with Crippen LogP contribution in [0.15, 0.2) is 24.3 Å². The Morgan fingerprint density at radius 2 is 2.00 bits per heavy atom. The minimum Gasteiger partial charge on any atom is -0.347 e. The smallest absolute Gasteiger partial charge is 0.220 e. The zero-order valence-corrected chi connectivity index (χ0v) is 8.01. The minimum absolute atomic E-state index is 0.0665. The summed E-state index contributed by atoms with van der Waals surface area (Å²) in [4.78, 5) is 11.1. The Morgan fingerprint density at radius 3 is 2.50 bits per heavy atom. The van der Waals surface area contributed by atoms with Crippen molar-refractivity contribution >= 4 is 5.91 Å². The molecule has 1 aromatic carbocycles. The number of nitrogens with one attached hydrogen (secondary N) is 1. The highest BCUT2D eigenvalue weighted by Crippen LogP contribution is 2.30. The molecule has 0 spiro atoms. The van der Waals surface area contributed by atoms with Crippen LogP contribution in [-0.4, -0.2) is 5.91 Å². The van der Waals surface area contributed by atoms with Gasteiger partial charge in [0.2, 0.25) is 5.91 Å². The van der Waals surface area contributed by atoms with Gasteiger partial charge in [-0.05, 0) is 31.0 Å². The van der Waals surface area contributed by atoms with Gasteiger partial charge in [-0.3, -0.25) is 4.79 Å². The van der Waals surface area contributed by atoms with E-state index in [9.17, 15) is 9.18 Å². The van der Waals surface area contributed by atoms with E-state index in [0.29, 0.717) is 6.42 Å². The molecule has 1 aromatic rings. The summed E-state index contributed by atoms with van der Waals surface area (Å²) >= 11 is 0. The van der Waals surface area contributed by atoms with Gasteiger partial charge in [-0.1, -0.05) is 12.1 Å². The Balaban J connectivity index is 2.30. The second kappa shape index (κ2) is 3.08. The molecule has 0 aliphatic carbocycles. The standard InChI is InChI=1S/C11H12FNO/c1-11(7-6-10(14)13-11)8-2-4-9(12)5-3-8/h2-5H,6-7H2,1H3,(H,13,14). The van der Waals surface area contributed by atoms with Crippen LogP contribution in [-0.2, 0) is 10.3 Å². The lowest BCUT2D eigenvalue weighted by Gasteiger charge is -2.24. The molecule has 1 atom stereocenters. The molecule has 1 fully saturated rings. The van der Waals surface area contributed by atoms with E-state index in [-0.39, 0.29) is 17.3 Å². The molecule has 1 aliphatic heterocycles. The summed E-state index contributed by atoms with van der Waals surface area (Å²) in [5.41, 5.74) is 0.648. The van der Waals surface area contributed by atoms with Crippen LogP contribution in [0.25, 0.3) is 0 Å². The first kappa shape index (κ1) is 9.19. The maximum atomic E-state index is 12.7. The number of hydrogen-bond acceptors (Lipinski definition) is 1. The molecule has 74 valence electrons. The lowest BCUT2D eigenvalue weighted by molar-refractivity contribution is -0.119. The molecular formula is C11H12FNO. The van der Waals surface area contributed by atoms with E-state index in [2.05, 4.69) is 5.32 Å². The Bertz CT molecular complexity index is 360. The predicted octanol–water partition coefficient (Wildman–Crippen LogP) is 1.95. The van der Waals surface area contributed by atoms with Crippen molar-refractivity contribution in [1.82, 2.24) is 5.32 Å². The molecule has 3 heteroatoms. The van der Waals surface area contributed by atoms with Crippen molar-refractivity contribution < 1.29 is 9.18 Å². The maximum absolute atomic E-state index is 12.7. The molecule has 2 rings (SSSR count). The zero-order valence-electron chi connectivity index (χ0n) is 8.01. The number of amides is 1. The average Bonchev–Trinajstić information content (AvgIpc) is 2.48. The Hall–Kier alpha value is -1.38. The van der Waals surface area contributed by atoms with E-state index in [1.165, 1.54) is 12.1 Å². The van der Waals surface area contributed by atoms with Gasteiger partial charge in [0.15, 0.2) is 0 Å². The van der Waals surface area contributed by atoms with Gasteiger partial charge in [-0.15, -0.1) is 0 Å². The zero-order chi connectivity index (χ0) is 10.2. The molecule has 1 saturated heterocycles. The summed E-state index contributed by atoms with van der Waals surface area (Å²) in [6.07, 6.45) is 1.32. The quantitative estimate of drug-likeness (QED) is 0.725. The van der Waals surface area contributed by atoms with Crippen molar-refractivity contribution in [2.75, 3.05) is 0 Å². The van der Waals surface area contributed by atoms with Crippen molar-refractivity contribution in [1.29, 1.82) is 0 Å². The van der Waals surface area contributed by atoms with E-state index in [4.69, 9.17) is 0 Å². The van der Waals surface area contributed by atoms with E-state index in [0.717, 1.165) is 12.0 Å². The normalized spacial score (nSPS) is 26.3. The number of rotatable bonds is 1. The predicted molar refractivity (Wildman–Crippen MR) is 51.1 cm³/mol. The summed E-state index contributed by atoms with van der Waals surface area (Å²) in [6, 6.07) is 6.29. The highest BCUT2D eigenvalue weighted by molar-refractivity contribution is 5.79. The largest absolute Gasteiger partial charge is 0.347 e. The number of benzene rings is 1. The lowest BCUT2D eigenvalue weighted by Crippen LogP contribution is -2.35. The minimum atomic E-state index is -0.315. The third-order valence-corrected chi connectivity index (χ3v) is 2.75. The highest BCUT2D eigenvalue weighted by atomic mass is 19.1. The van der Waals surface area contributed by atoms with E-state index >= 15 is 0 Å². The van der Waals surface area contributed by atoms with Gasteiger partial charge in [0.25, 0.3) is 0 Å². The average molecular weight is 193 g/mol. The number of halogens is 1. The summed E-state index contributed by atoms with van der Waals surface area (Å²) in [5.74, 6) is -0.182. The fraction of sp³-hybridized carbons (Fsp3) is 0.364. The SMILES string of the molecule is CC1(c2ccc(F)cc2)CCC(=O)N1. The number of hydrogen-bond donors (Lipinski definition) is 1. The van der Waals surface area contributed by atoms with Crippen LogP contribution in [0.4, 0.5) is 4.39 Å². The Kier molecular flexibility index (Phi) is 2.02. The van der Waals surface area contributed by atoms with Crippen LogP contribution in [0, 0.1) is 5.82 Å². The van der Waals surface area contributed by atoms with Gasteiger partial charge in [-0.25, -0.2) is 4.39 Å². The molecule has 0 bridgehead atoms. The lowest BCUT2D eigenvalue weighted by atomic mass is 9.91. The maximum Gasteiger partial charge on any atom is 0.220 e. The second-order valence-electron chi connectivity index (χ2n) is 3.89. The highest BCUT2D eigenvalue weighted by Gasteiger charge is 2.34. The van der Waals surface area contributed by atoms with Crippen molar-refractivity contribution in [3.8, 4) is 0 Å². The third kappa shape index (κ3) is 1.50. The third-order valence-electron chi connectivity index (χ3n) is 2.75. The Morgan fingerprint density at radius 1 is 1.36 bits per heavy atom. The van der Waals surface area contributed by atoms with Crippen molar-refractivity contribution in [2.24, 2.45) is 0 Å². The summed E-state index contributed by atoms with van der Waals surface area (Å²) in [7, 11) is 0. The molecule has 0 saturated carbocycles. The number of carbonyl (C=O) groups is 1. The van der Waals surface area contributed by atoms with Crippen molar-refractivity contribution in [3.63, 3.8) is 0 Å². The van der Waals surface area contributed by atoms with Crippen LogP contribution in [0.1, 0.15) is 25.3 Å². The number of carbonyl (C=O) groups excluding carboxylic acids is 1. The van der Waals surface area contributed by atoms with Gasteiger partial charge >= 0.3 is 0 Å². The fourth-order valence-corrected chi connectivity index (χ4v) is 1.83. The molecule has 1 aliphatic rings. The molecular weight excluding hydrogens is 181 g/mol. The van der Waals surface area contributed by atoms with Gasteiger partial charge in [0.05, 0.1) is 5.54 Å². The first-order valence-electron chi connectivity index (χ1n) is 4.67. The molecule has 1 N–H and O–H groups in total. The first-order chi connectivity index (χ1) is 6.60. The second-order valence-corrected chi connectivity index (χ2v) is 3.89. The van der Waals surface area contributed by atoms with Gasteiger partial charge in [0, 0.05) is 6.42 Å². The van der Waals surface area contributed by atoms with Crippen LogP contribution < -0.4 is 5.32 Å². The summed E-state index contributed by atoms with van der Waals surface area (Å²) in [6.45, 7) is 1.96. The van der Waals surface area contributed by atoms with E-state index in [1.807, 2.05) is 6.92 Å². The topological polar surface area (TPSA) is 29.1 Å². The molecule has 1 amide bonds. The summed E-state index contributed by atoms with van der Waals surface area (Å²) in [5, 5.41) is 2.90. The summed E-state index contributed by atoms with van der Waals surface area (Å²) < 4.78 is 12.7. The van der Waals surface area contributed by atoms with E-state index < -0.39 is 0 Å². The van der Waals surface area contributed by atoms with Crippen LogP contribution in [0.5, 0.6) is 0 Å². The molecule has 1 unspecified atom stereocenters. The molecule has 14 heavy (non-hydrogen) atoms. The van der Waals surface area contributed by atoms with E-state index in [1.54, 1.807) is 12.1 Å². The van der Waals surface area contributed by atoms with Crippen molar-refractivity contribution in [3.05, 3.63) is 35.6 Å². The molecule has 2 nitrogen and oxygen atoms in total. The monoisotopic (exact) mass is 193 g/mol.